The van der Waals surface area contributed by atoms with Crippen LogP contribution in [0, 0.1) is 15.9 Å². The molecule has 10 heteroatoms. The number of nitrogens with zero attached hydrogens (tertiary/aromatic N) is 2. The van der Waals surface area contributed by atoms with E-state index in [1.54, 1.807) is 0 Å². The molecule has 20 heavy (non-hydrogen) atoms. The zero-order valence-electron chi connectivity index (χ0n) is 9.75. The Balaban J connectivity index is 2.29. The third kappa shape index (κ3) is 2.91. The van der Waals surface area contributed by atoms with Crippen LogP contribution in [0.15, 0.2) is 32.8 Å². The molecule has 0 amide bonds. The minimum Gasteiger partial charge on any atom is -0.271 e. The molecule has 0 aliphatic rings. The van der Waals surface area contributed by atoms with Crippen molar-refractivity contribution in [3.05, 3.63) is 60.5 Å². The fourth-order valence-electron chi connectivity index (χ4n) is 1.44. The standard InChI is InChI=1S/C10H7FN4O4S/c11-6-2-1-3-7(15(18)19)5(6)4-20-9-8(16)12-10(17)14-13-9/h1-3H,4H2,(H2,12,14,16,17). The summed E-state index contributed by atoms with van der Waals surface area (Å²) in [6, 6.07) is 3.49. The second-order valence-electron chi connectivity index (χ2n) is 3.60. The molecule has 0 atom stereocenters. The van der Waals surface area contributed by atoms with Crippen LogP contribution in [0.25, 0.3) is 0 Å². The number of nitro benzene ring substituents is 1. The molecular formula is C10H7FN4O4S. The first-order chi connectivity index (χ1) is 9.49. The van der Waals surface area contributed by atoms with E-state index in [-0.39, 0.29) is 22.0 Å². The predicted molar refractivity (Wildman–Crippen MR) is 68.1 cm³/mol. The van der Waals surface area contributed by atoms with Gasteiger partial charge in [0.2, 0.25) is 0 Å². The molecule has 0 spiro atoms. The van der Waals surface area contributed by atoms with Gasteiger partial charge in [-0.15, -0.1) is 0 Å². The SMILES string of the molecule is O=c1[nH]nc(SCc2c(F)cccc2[N+](=O)[O-])c(=O)[nH]1. The van der Waals surface area contributed by atoms with Gasteiger partial charge in [-0.2, -0.15) is 5.10 Å². The fourth-order valence-corrected chi connectivity index (χ4v) is 2.30. The first kappa shape index (κ1) is 13.9. The molecule has 0 aliphatic carbocycles. The molecule has 2 aromatic rings. The summed E-state index contributed by atoms with van der Waals surface area (Å²) in [4.78, 5) is 34.2. The monoisotopic (exact) mass is 298 g/mol. The Labute approximate surface area is 114 Å². The second-order valence-corrected chi connectivity index (χ2v) is 4.56. The van der Waals surface area contributed by atoms with Crippen LogP contribution in [0.1, 0.15) is 5.56 Å². The Kier molecular flexibility index (Phi) is 3.94. The van der Waals surface area contributed by atoms with Gasteiger partial charge in [0.1, 0.15) is 5.82 Å². The molecule has 0 aliphatic heterocycles. The van der Waals surface area contributed by atoms with Gasteiger partial charge in [0, 0.05) is 11.8 Å². The molecule has 1 heterocycles. The quantitative estimate of drug-likeness (QED) is 0.489. The van der Waals surface area contributed by atoms with Crippen molar-refractivity contribution in [1.29, 1.82) is 0 Å². The maximum atomic E-state index is 13.6. The number of benzene rings is 1. The number of nitro groups is 1. The summed E-state index contributed by atoms with van der Waals surface area (Å²) >= 11 is 0.785. The lowest BCUT2D eigenvalue weighted by molar-refractivity contribution is -0.385. The highest BCUT2D eigenvalue weighted by atomic mass is 32.2. The average Bonchev–Trinajstić information content (AvgIpc) is 2.38. The van der Waals surface area contributed by atoms with Crippen molar-refractivity contribution in [3.63, 3.8) is 0 Å². The van der Waals surface area contributed by atoms with Crippen LogP contribution in [0.2, 0.25) is 0 Å². The topological polar surface area (TPSA) is 122 Å². The van der Waals surface area contributed by atoms with Gasteiger partial charge in [0.05, 0.1) is 10.5 Å². The normalized spacial score (nSPS) is 10.4. The first-order valence-electron chi connectivity index (χ1n) is 5.22. The van der Waals surface area contributed by atoms with Crippen LogP contribution in [0.3, 0.4) is 0 Å². The smallest absolute Gasteiger partial charge is 0.271 e. The van der Waals surface area contributed by atoms with E-state index in [9.17, 15) is 24.1 Å². The lowest BCUT2D eigenvalue weighted by Crippen LogP contribution is -2.25. The van der Waals surface area contributed by atoms with Crippen molar-refractivity contribution in [1.82, 2.24) is 15.2 Å². The summed E-state index contributed by atoms with van der Waals surface area (Å²) in [6.07, 6.45) is 0. The number of hydrogen-bond acceptors (Lipinski definition) is 6. The van der Waals surface area contributed by atoms with Crippen LogP contribution < -0.4 is 11.2 Å². The van der Waals surface area contributed by atoms with Gasteiger partial charge in [0.25, 0.3) is 11.2 Å². The Morgan fingerprint density at radius 3 is 2.80 bits per heavy atom. The third-order valence-electron chi connectivity index (χ3n) is 2.32. The van der Waals surface area contributed by atoms with E-state index in [4.69, 9.17) is 0 Å². The van der Waals surface area contributed by atoms with Gasteiger partial charge in [-0.3, -0.25) is 19.9 Å². The van der Waals surface area contributed by atoms with Crippen molar-refractivity contribution >= 4 is 17.4 Å². The van der Waals surface area contributed by atoms with E-state index in [2.05, 4.69) is 5.10 Å². The molecule has 2 rings (SSSR count). The molecule has 0 unspecified atom stereocenters. The van der Waals surface area contributed by atoms with E-state index < -0.39 is 22.0 Å². The number of rotatable bonds is 4. The van der Waals surface area contributed by atoms with E-state index in [0.717, 1.165) is 17.8 Å². The van der Waals surface area contributed by atoms with E-state index >= 15 is 0 Å². The van der Waals surface area contributed by atoms with Gasteiger partial charge < -0.3 is 0 Å². The lowest BCUT2D eigenvalue weighted by atomic mass is 10.2. The number of aromatic amines is 2. The predicted octanol–water partition coefficient (Wildman–Crippen LogP) is 0.798. The Bertz CT molecular complexity index is 772. The summed E-state index contributed by atoms with van der Waals surface area (Å²) < 4.78 is 13.6. The molecule has 0 bridgehead atoms. The Morgan fingerprint density at radius 2 is 2.15 bits per heavy atom. The molecule has 0 radical (unpaired) electrons. The van der Waals surface area contributed by atoms with Gasteiger partial charge in [0.15, 0.2) is 5.03 Å². The molecule has 0 fully saturated rings. The molecule has 104 valence electrons. The van der Waals surface area contributed by atoms with E-state index in [1.165, 1.54) is 12.1 Å². The van der Waals surface area contributed by atoms with Crippen LogP contribution in [0.4, 0.5) is 10.1 Å². The van der Waals surface area contributed by atoms with Gasteiger partial charge in [-0.25, -0.2) is 14.3 Å². The van der Waals surface area contributed by atoms with Gasteiger partial charge in [-0.05, 0) is 6.07 Å². The molecular weight excluding hydrogens is 291 g/mol. The zero-order chi connectivity index (χ0) is 14.7. The second kappa shape index (κ2) is 5.65. The van der Waals surface area contributed by atoms with Crippen LogP contribution in [-0.4, -0.2) is 20.1 Å². The van der Waals surface area contributed by atoms with Crippen molar-refractivity contribution in [3.8, 4) is 0 Å². The summed E-state index contributed by atoms with van der Waals surface area (Å²) in [5.41, 5.74) is -2.03. The number of aromatic nitrogens is 3. The molecule has 8 nitrogen and oxygen atoms in total. The molecule has 2 N–H and O–H groups in total. The summed E-state index contributed by atoms with van der Waals surface area (Å²) in [6.45, 7) is 0. The molecule has 0 saturated heterocycles. The first-order valence-corrected chi connectivity index (χ1v) is 6.21. The number of nitrogens with one attached hydrogen (secondary N) is 2. The zero-order valence-corrected chi connectivity index (χ0v) is 10.6. The van der Waals surface area contributed by atoms with E-state index in [1.807, 2.05) is 10.1 Å². The largest absolute Gasteiger partial charge is 0.342 e. The third-order valence-corrected chi connectivity index (χ3v) is 3.31. The highest BCUT2D eigenvalue weighted by Crippen LogP contribution is 2.27. The number of halogens is 1. The van der Waals surface area contributed by atoms with Crippen molar-refractivity contribution in [2.75, 3.05) is 0 Å². The van der Waals surface area contributed by atoms with Crippen molar-refractivity contribution < 1.29 is 9.31 Å². The van der Waals surface area contributed by atoms with Crippen LogP contribution in [-0.2, 0) is 5.75 Å². The van der Waals surface area contributed by atoms with Crippen LogP contribution in [0.5, 0.6) is 0 Å². The van der Waals surface area contributed by atoms with Crippen LogP contribution >= 0.6 is 11.8 Å². The maximum Gasteiger partial charge on any atom is 0.342 e. The number of hydrogen-bond donors (Lipinski definition) is 2. The maximum absolute atomic E-state index is 13.6. The molecule has 0 saturated carbocycles. The Morgan fingerprint density at radius 1 is 1.40 bits per heavy atom. The number of thioether (sulfide) groups is 1. The van der Waals surface area contributed by atoms with Crippen molar-refractivity contribution in [2.45, 2.75) is 10.8 Å². The van der Waals surface area contributed by atoms with Crippen molar-refractivity contribution in [2.24, 2.45) is 0 Å². The summed E-state index contributed by atoms with van der Waals surface area (Å²) in [5, 5.41) is 16.2. The summed E-state index contributed by atoms with van der Waals surface area (Å²) in [5.74, 6) is -0.905. The molecule has 1 aromatic carbocycles. The lowest BCUT2D eigenvalue weighted by Gasteiger charge is -2.03. The average molecular weight is 298 g/mol. The van der Waals surface area contributed by atoms with E-state index in [0.29, 0.717) is 0 Å². The fraction of sp³-hybridized carbons (Fsp3) is 0.100. The summed E-state index contributed by atoms with van der Waals surface area (Å²) in [7, 11) is 0. The highest BCUT2D eigenvalue weighted by Gasteiger charge is 2.18. The number of H-pyrrole nitrogens is 2. The minimum absolute atomic E-state index is 0.109. The van der Waals surface area contributed by atoms with Gasteiger partial charge in [-0.1, -0.05) is 17.8 Å². The van der Waals surface area contributed by atoms with Gasteiger partial charge >= 0.3 is 5.69 Å². The highest BCUT2D eigenvalue weighted by molar-refractivity contribution is 7.98. The molecule has 1 aromatic heterocycles. The Hall–Kier alpha value is -2.49. The minimum atomic E-state index is -0.767.